The number of nitrogens with zero attached hydrogens (tertiary/aromatic N) is 3. The van der Waals surface area contributed by atoms with Crippen molar-refractivity contribution >= 4 is 11.6 Å². The van der Waals surface area contributed by atoms with Crippen LogP contribution in [0.5, 0.6) is 0 Å². The van der Waals surface area contributed by atoms with Gasteiger partial charge in [-0.2, -0.15) is 5.10 Å². The van der Waals surface area contributed by atoms with E-state index in [2.05, 4.69) is 41.0 Å². The van der Waals surface area contributed by atoms with Crippen molar-refractivity contribution in [1.82, 2.24) is 20.0 Å². The van der Waals surface area contributed by atoms with Crippen LogP contribution in [-0.2, 0) is 6.54 Å². The molecule has 1 N–H and O–H groups in total. The Bertz CT molecular complexity index is 449. The Morgan fingerprint density at radius 3 is 2.62 bits per heavy atom. The lowest BCUT2D eigenvalue weighted by molar-refractivity contribution is 0.143. The van der Waals surface area contributed by atoms with Gasteiger partial charge in [-0.25, -0.2) is 0 Å². The van der Waals surface area contributed by atoms with Gasteiger partial charge in [-0.05, 0) is 39.4 Å². The zero-order valence-electron chi connectivity index (χ0n) is 13.8. The summed E-state index contributed by atoms with van der Waals surface area (Å²) in [6.07, 6.45) is 8.31. The van der Waals surface area contributed by atoms with Gasteiger partial charge in [0.1, 0.15) is 0 Å². The van der Waals surface area contributed by atoms with Crippen molar-refractivity contribution < 1.29 is 0 Å². The first kappa shape index (κ1) is 16.8. The highest BCUT2D eigenvalue weighted by Gasteiger charge is 2.38. The minimum atomic E-state index is 0.270. The third-order valence-corrected chi connectivity index (χ3v) is 5.14. The number of rotatable bonds is 6. The maximum atomic E-state index is 6.48. The molecule has 1 unspecified atom stereocenters. The van der Waals surface area contributed by atoms with Gasteiger partial charge in [-0.15, -0.1) is 0 Å². The quantitative estimate of drug-likeness (QED) is 0.874. The second-order valence-electron chi connectivity index (χ2n) is 6.84. The Morgan fingerprint density at radius 2 is 2.05 bits per heavy atom. The van der Waals surface area contributed by atoms with Crippen LogP contribution in [0, 0.1) is 5.41 Å². The minimum Gasteiger partial charge on any atom is -0.311 e. The van der Waals surface area contributed by atoms with Crippen molar-refractivity contribution in [3.63, 3.8) is 0 Å². The van der Waals surface area contributed by atoms with E-state index in [1.54, 1.807) is 6.20 Å². The lowest BCUT2D eigenvalue weighted by Gasteiger charge is -2.41. The van der Waals surface area contributed by atoms with Crippen LogP contribution >= 0.6 is 11.6 Å². The number of aromatic nitrogens is 2. The number of likely N-dealkylation sites (N-methyl/N-ethyl adjacent to an activating group) is 1. The van der Waals surface area contributed by atoms with Crippen molar-refractivity contribution in [3.8, 4) is 0 Å². The van der Waals surface area contributed by atoms with Gasteiger partial charge in [-0.1, -0.05) is 37.8 Å². The largest absolute Gasteiger partial charge is 0.311 e. The second kappa shape index (κ2) is 7.12. The minimum absolute atomic E-state index is 0.270. The molecule has 0 bridgehead atoms. The predicted molar refractivity (Wildman–Crippen MR) is 88.8 cm³/mol. The fourth-order valence-electron chi connectivity index (χ4n) is 3.60. The molecule has 1 atom stereocenters. The normalized spacial score (nSPS) is 19.9. The third kappa shape index (κ3) is 3.79. The molecule has 0 saturated heterocycles. The molecular weight excluding hydrogens is 284 g/mol. The van der Waals surface area contributed by atoms with Crippen LogP contribution in [0.15, 0.2) is 6.20 Å². The Balaban J connectivity index is 2.26. The molecule has 1 heterocycles. The molecule has 0 amide bonds. The summed E-state index contributed by atoms with van der Waals surface area (Å²) >= 11 is 6.48. The SMILES string of the molecule is CNC(c1c(Cl)cnn1CCN(C)C)C1(C)CCCCC1. The van der Waals surface area contributed by atoms with Crippen LogP contribution in [0.4, 0.5) is 0 Å². The summed E-state index contributed by atoms with van der Waals surface area (Å²) in [5.74, 6) is 0. The molecule has 0 radical (unpaired) electrons. The molecule has 4 nitrogen and oxygen atoms in total. The van der Waals surface area contributed by atoms with Gasteiger partial charge < -0.3 is 10.2 Å². The van der Waals surface area contributed by atoms with Crippen LogP contribution in [0.2, 0.25) is 5.02 Å². The van der Waals surface area contributed by atoms with E-state index in [1.165, 1.54) is 32.1 Å². The molecule has 0 aromatic carbocycles. The molecular formula is C16H29ClN4. The Morgan fingerprint density at radius 1 is 1.38 bits per heavy atom. The molecule has 1 aromatic heterocycles. The first-order chi connectivity index (χ1) is 9.98. The van der Waals surface area contributed by atoms with Crippen LogP contribution in [-0.4, -0.2) is 42.4 Å². The highest BCUT2D eigenvalue weighted by atomic mass is 35.5. The lowest BCUT2D eigenvalue weighted by Crippen LogP contribution is -2.38. The van der Waals surface area contributed by atoms with E-state index in [1.807, 2.05) is 7.05 Å². The van der Waals surface area contributed by atoms with Crippen LogP contribution < -0.4 is 5.32 Å². The molecule has 1 aromatic rings. The molecule has 1 aliphatic carbocycles. The fourth-order valence-corrected chi connectivity index (χ4v) is 3.85. The molecule has 2 rings (SSSR count). The number of hydrogen-bond donors (Lipinski definition) is 1. The van der Waals surface area contributed by atoms with E-state index in [4.69, 9.17) is 11.6 Å². The average Bonchev–Trinajstić information content (AvgIpc) is 2.80. The van der Waals surface area contributed by atoms with Crippen LogP contribution in [0.3, 0.4) is 0 Å². The molecule has 120 valence electrons. The maximum Gasteiger partial charge on any atom is 0.0834 e. The van der Waals surface area contributed by atoms with Crippen molar-refractivity contribution in [1.29, 1.82) is 0 Å². The molecule has 0 spiro atoms. The molecule has 1 saturated carbocycles. The molecule has 1 aliphatic rings. The Hall–Kier alpha value is -0.580. The zero-order chi connectivity index (χ0) is 15.5. The molecule has 1 fully saturated rings. The molecule has 5 heteroatoms. The fraction of sp³-hybridized carbons (Fsp3) is 0.812. The summed E-state index contributed by atoms with van der Waals surface area (Å²) in [4.78, 5) is 2.18. The lowest BCUT2D eigenvalue weighted by atomic mass is 9.69. The first-order valence-corrected chi connectivity index (χ1v) is 8.39. The summed E-state index contributed by atoms with van der Waals surface area (Å²) in [5.41, 5.74) is 1.43. The summed E-state index contributed by atoms with van der Waals surface area (Å²) < 4.78 is 2.09. The highest BCUT2D eigenvalue weighted by Crippen LogP contribution is 2.46. The molecule has 0 aliphatic heterocycles. The van der Waals surface area contributed by atoms with E-state index in [9.17, 15) is 0 Å². The summed E-state index contributed by atoms with van der Waals surface area (Å²) in [6.45, 7) is 4.24. The van der Waals surface area contributed by atoms with E-state index < -0.39 is 0 Å². The van der Waals surface area contributed by atoms with Crippen molar-refractivity contribution in [2.24, 2.45) is 5.41 Å². The van der Waals surface area contributed by atoms with Crippen LogP contribution in [0.25, 0.3) is 0 Å². The molecule has 21 heavy (non-hydrogen) atoms. The zero-order valence-corrected chi connectivity index (χ0v) is 14.6. The second-order valence-corrected chi connectivity index (χ2v) is 7.25. The van der Waals surface area contributed by atoms with Gasteiger partial charge in [0.15, 0.2) is 0 Å². The topological polar surface area (TPSA) is 33.1 Å². The standard InChI is InChI=1S/C16H29ClN4/c1-16(8-6-5-7-9-16)15(18-2)14-13(17)12-19-21(14)11-10-20(3)4/h12,15,18H,5-11H2,1-4H3. The summed E-state index contributed by atoms with van der Waals surface area (Å²) in [6, 6.07) is 0.273. The Labute approximate surface area is 133 Å². The van der Waals surface area contributed by atoms with Crippen molar-refractivity contribution in [2.75, 3.05) is 27.7 Å². The van der Waals surface area contributed by atoms with Gasteiger partial charge in [0.2, 0.25) is 0 Å². The monoisotopic (exact) mass is 312 g/mol. The maximum absolute atomic E-state index is 6.48. The summed E-state index contributed by atoms with van der Waals surface area (Å²) in [7, 11) is 6.22. The smallest absolute Gasteiger partial charge is 0.0834 e. The van der Waals surface area contributed by atoms with Gasteiger partial charge in [0.25, 0.3) is 0 Å². The van der Waals surface area contributed by atoms with Gasteiger partial charge in [-0.3, -0.25) is 4.68 Å². The summed E-state index contributed by atoms with van der Waals surface area (Å²) in [5, 5.41) is 8.82. The highest BCUT2D eigenvalue weighted by molar-refractivity contribution is 6.31. The van der Waals surface area contributed by atoms with Crippen molar-refractivity contribution in [2.45, 2.75) is 51.6 Å². The predicted octanol–water partition coefficient (Wildman–Crippen LogP) is 3.33. The van der Waals surface area contributed by atoms with E-state index >= 15 is 0 Å². The number of halogens is 1. The average molecular weight is 313 g/mol. The van der Waals surface area contributed by atoms with E-state index in [0.29, 0.717) is 0 Å². The van der Waals surface area contributed by atoms with Crippen LogP contribution in [0.1, 0.15) is 50.8 Å². The van der Waals surface area contributed by atoms with Gasteiger partial charge in [0.05, 0.1) is 29.5 Å². The van der Waals surface area contributed by atoms with Gasteiger partial charge >= 0.3 is 0 Å². The van der Waals surface area contributed by atoms with Gasteiger partial charge in [0, 0.05) is 6.54 Å². The van der Waals surface area contributed by atoms with Crippen molar-refractivity contribution in [3.05, 3.63) is 16.9 Å². The number of nitrogens with one attached hydrogen (secondary N) is 1. The van der Waals surface area contributed by atoms with E-state index in [0.717, 1.165) is 23.8 Å². The number of hydrogen-bond acceptors (Lipinski definition) is 3. The third-order valence-electron chi connectivity index (χ3n) is 4.85. The Kier molecular flexibility index (Phi) is 5.69. The first-order valence-electron chi connectivity index (χ1n) is 8.01. The van der Waals surface area contributed by atoms with E-state index in [-0.39, 0.29) is 11.5 Å².